The quantitative estimate of drug-likeness (QED) is 0.488. The van der Waals surface area contributed by atoms with Gasteiger partial charge < -0.3 is 29.6 Å². The number of nitrogens with one attached hydrogen (secondary N) is 1. The number of methoxy groups -OCH3 is 1. The van der Waals surface area contributed by atoms with E-state index in [9.17, 15) is 19.5 Å². The molecule has 0 aliphatic carbocycles. The summed E-state index contributed by atoms with van der Waals surface area (Å²) in [7, 11) is 1.49. The molecule has 0 radical (unpaired) electrons. The maximum absolute atomic E-state index is 11.6. The molecule has 0 saturated heterocycles. The summed E-state index contributed by atoms with van der Waals surface area (Å²) >= 11 is 0. The van der Waals surface area contributed by atoms with Crippen LogP contribution in [0.4, 0.5) is 0 Å². The molecule has 0 aliphatic rings. The number of pyridine rings is 1. The van der Waals surface area contributed by atoms with Crippen LogP contribution in [0.25, 0.3) is 0 Å². The van der Waals surface area contributed by atoms with Crippen molar-refractivity contribution in [3.63, 3.8) is 0 Å². The Morgan fingerprint density at radius 2 is 2.14 bits per heavy atom. The highest BCUT2D eigenvalue weighted by Crippen LogP contribution is 2.01. The molecular weight excluding hydrogens is 296 g/mol. The highest BCUT2D eigenvalue weighted by atomic mass is 16.5. The van der Waals surface area contributed by atoms with Crippen molar-refractivity contribution >= 4 is 11.9 Å². The van der Waals surface area contributed by atoms with Gasteiger partial charge in [-0.2, -0.15) is 0 Å². The second kappa shape index (κ2) is 8.80. The van der Waals surface area contributed by atoms with Crippen LogP contribution in [0.15, 0.2) is 23.3 Å². The molecule has 1 aromatic heterocycles. The number of carboxylic acid groups (broad SMARTS) is 1. The Hall–Kier alpha value is -2.39. The van der Waals surface area contributed by atoms with Gasteiger partial charge in [0.25, 0.3) is 0 Å². The summed E-state index contributed by atoms with van der Waals surface area (Å²) in [6, 6.07) is -0.121. The van der Waals surface area contributed by atoms with Gasteiger partial charge in [-0.05, 0) is 0 Å². The minimum atomic E-state index is -1.25. The van der Waals surface area contributed by atoms with E-state index < -0.39 is 29.1 Å². The van der Waals surface area contributed by atoms with Crippen LogP contribution in [0.5, 0.6) is 5.75 Å². The van der Waals surface area contributed by atoms with Gasteiger partial charge in [0.2, 0.25) is 11.3 Å². The van der Waals surface area contributed by atoms with Crippen molar-refractivity contribution in [3.8, 4) is 5.75 Å². The second-order valence-electron chi connectivity index (χ2n) is 4.39. The molecular formula is C13H18N2O7. The zero-order valence-corrected chi connectivity index (χ0v) is 12.0. The lowest BCUT2D eigenvalue weighted by atomic mass is 10.2. The number of hydrogen-bond acceptors (Lipinski definition) is 6. The van der Waals surface area contributed by atoms with Gasteiger partial charge in [-0.25, -0.2) is 4.79 Å². The Labute approximate surface area is 126 Å². The number of aromatic nitrogens is 1. The van der Waals surface area contributed by atoms with Crippen LogP contribution in [0.3, 0.4) is 0 Å². The van der Waals surface area contributed by atoms with E-state index in [2.05, 4.69) is 5.32 Å². The zero-order valence-electron chi connectivity index (χ0n) is 12.0. The Morgan fingerprint density at radius 1 is 1.41 bits per heavy atom. The van der Waals surface area contributed by atoms with E-state index in [-0.39, 0.29) is 19.8 Å². The molecule has 9 heteroatoms. The first-order chi connectivity index (χ1) is 10.4. The highest BCUT2D eigenvalue weighted by molar-refractivity contribution is 5.84. The Bertz CT molecular complexity index is 570. The van der Waals surface area contributed by atoms with Crippen molar-refractivity contribution in [2.75, 3.05) is 26.9 Å². The second-order valence-corrected chi connectivity index (χ2v) is 4.39. The van der Waals surface area contributed by atoms with E-state index in [1.165, 1.54) is 17.9 Å². The number of amides is 1. The smallest absolute Gasteiger partial charge is 0.328 e. The molecule has 1 unspecified atom stereocenters. The van der Waals surface area contributed by atoms with Crippen molar-refractivity contribution in [2.45, 2.75) is 12.6 Å². The van der Waals surface area contributed by atoms with Crippen LogP contribution in [-0.2, 0) is 25.6 Å². The molecule has 0 spiro atoms. The lowest BCUT2D eigenvalue weighted by molar-refractivity contribution is -0.143. The van der Waals surface area contributed by atoms with Crippen LogP contribution >= 0.6 is 0 Å². The first-order valence-corrected chi connectivity index (χ1v) is 6.42. The Kier molecular flexibility index (Phi) is 7.06. The number of carbonyl (C=O) groups is 2. The predicted octanol–water partition coefficient (Wildman–Crippen LogP) is -1.21. The van der Waals surface area contributed by atoms with E-state index in [1.54, 1.807) is 0 Å². The van der Waals surface area contributed by atoms with E-state index >= 15 is 0 Å². The molecule has 0 fully saturated rings. The van der Waals surface area contributed by atoms with Crippen LogP contribution in [-0.4, -0.2) is 59.6 Å². The van der Waals surface area contributed by atoms with Gasteiger partial charge in [0.05, 0.1) is 19.8 Å². The van der Waals surface area contributed by atoms with Gasteiger partial charge in [0.15, 0.2) is 5.75 Å². The summed E-state index contributed by atoms with van der Waals surface area (Å²) in [4.78, 5) is 33.8. The lowest BCUT2D eigenvalue weighted by Gasteiger charge is -2.16. The van der Waals surface area contributed by atoms with Gasteiger partial charge in [0.1, 0.15) is 12.6 Å². The molecule has 0 bridgehead atoms. The summed E-state index contributed by atoms with van der Waals surface area (Å²) in [6.07, 6.45) is 2.42. The zero-order chi connectivity index (χ0) is 16.5. The number of hydrogen-bond donors (Lipinski definition) is 3. The number of aliphatic carboxylic acids is 1. The molecule has 1 atom stereocenters. The molecule has 1 rings (SSSR count). The van der Waals surface area contributed by atoms with Gasteiger partial charge in [0, 0.05) is 25.6 Å². The van der Waals surface area contributed by atoms with Gasteiger partial charge in [-0.3, -0.25) is 9.59 Å². The number of nitrogens with zero attached hydrogens (tertiary/aromatic N) is 1. The molecule has 0 aromatic carbocycles. The number of rotatable bonds is 9. The normalized spacial score (nSPS) is 11.9. The highest BCUT2D eigenvalue weighted by Gasteiger charge is 2.20. The van der Waals surface area contributed by atoms with Crippen molar-refractivity contribution in [1.82, 2.24) is 9.88 Å². The molecule has 1 amide bonds. The number of carboxylic acids is 1. The molecule has 3 N–H and O–H groups in total. The van der Waals surface area contributed by atoms with Crippen LogP contribution < -0.4 is 10.7 Å². The fraction of sp³-hybridized carbons (Fsp3) is 0.462. The molecule has 122 valence electrons. The average Bonchev–Trinajstić information content (AvgIpc) is 2.46. The summed E-state index contributed by atoms with van der Waals surface area (Å²) in [5, 5.41) is 20.7. The fourth-order valence-electron chi connectivity index (χ4n) is 1.57. The van der Waals surface area contributed by atoms with Crippen molar-refractivity contribution in [3.05, 3.63) is 28.7 Å². The largest absolute Gasteiger partial charge is 0.503 e. The maximum Gasteiger partial charge on any atom is 0.328 e. The van der Waals surface area contributed by atoms with Gasteiger partial charge in [-0.1, -0.05) is 0 Å². The topological polar surface area (TPSA) is 127 Å². The predicted molar refractivity (Wildman–Crippen MR) is 74.6 cm³/mol. The third-order valence-corrected chi connectivity index (χ3v) is 2.65. The van der Waals surface area contributed by atoms with Crippen molar-refractivity contribution in [1.29, 1.82) is 0 Å². The SMILES string of the molecule is COCCOCC(=O)NC(Cn1ccc(=O)c(O)c1)C(=O)O. The lowest BCUT2D eigenvalue weighted by Crippen LogP contribution is -2.45. The Balaban J connectivity index is 2.58. The fourth-order valence-corrected chi connectivity index (χ4v) is 1.57. The maximum atomic E-state index is 11.6. The number of carbonyl (C=O) groups excluding carboxylic acids is 1. The van der Waals surface area contributed by atoms with Crippen molar-refractivity contribution in [2.24, 2.45) is 0 Å². The van der Waals surface area contributed by atoms with Gasteiger partial charge in [-0.15, -0.1) is 0 Å². The minimum Gasteiger partial charge on any atom is -0.503 e. The molecule has 1 heterocycles. The summed E-state index contributed by atoms with van der Waals surface area (Å²) in [5.41, 5.74) is -0.571. The first kappa shape index (κ1) is 17.7. The van der Waals surface area contributed by atoms with Crippen LogP contribution in [0, 0.1) is 0 Å². The van der Waals surface area contributed by atoms with Crippen molar-refractivity contribution < 1.29 is 29.3 Å². The summed E-state index contributed by atoms with van der Waals surface area (Å²) < 4.78 is 11.0. The van der Waals surface area contributed by atoms with E-state index in [4.69, 9.17) is 14.6 Å². The third kappa shape index (κ3) is 5.94. The molecule has 9 nitrogen and oxygen atoms in total. The molecule has 0 aliphatic heterocycles. The summed E-state index contributed by atoms with van der Waals surface area (Å²) in [5.74, 6) is -2.34. The molecule has 1 aromatic rings. The number of ether oxygens (including phenoxy) is 2. The standard InChI is InChI=1S/C13H18N2O7/c1-21-4-5-22-8-12(18)14-9(13(19)20)6-15-3-2-10(16)11(17)7-15/h2-3,7,9,17H,4-6,8H2,1H3,(H,14,18)(H,19,20). The summed E-state index contributed by atoms with van der Waals surface area (Å²) in [6.45, 7) is 0.108. The third-order valence-electron chi connectivity index (χ3n) is 2.65. The van der Waals surface area contributed by atoms with Crippen LogP contribution in [0.1, 0.15) is 0 Å². The van der Waals surface area contributed by atoms with E-state index in [0.717, 1.165) is 12.3 Å². The van der Waals surface area contributed by atoms with Gasteiger partial charge >= 0.3 is 5.97 Å². The average molecular weight is 314 g/mol. The monoisotopic (exact) mass is 314 g/mol. The molecule has 0 saturated carbocycles. The number of aromatic hydroxyl groups is 1. The van der Waals surface area contributed by atoms with E-state index in [1.807, 2.05) is 0 Å². The van der Waals surface area contributed by atoms with E-state index in [0.29, 0.717) is 6.61 Å². The van der Waals surface area contributed by atoms with Crippen LogP contribution in [0.2, 0.25) is 0 Å². The Morgan fingerprint density at radius 3 is 2.73 bits per heavy atom. The molecule has 22 heavy (non-hydrogen) atoms. The minimum absolute atomic E-state index is 0.146. The first-order valence-electron chi connectivity index (χ1n) is 6.42.